The van der Waals surface area contributed by atoms with Crippen molar-refractivity contribution >= 4 is 22.2 Å². The van der Waals surface area contributed by atoms with Crippen LogP contribution in [0.1, 0.15) is 5.56 Å². The monoisotopic (exact) mass is 397 g/mol. The average Bonchev–Trinajstić information content (AvgIpc) is 3.11. The van der Waals surface area contributed by atoms with Gasteiger partial charge < -0.3 is 4.74 Å². The van der Waals surface area contributed by atoms with Gasteiger partial charge in [-0.1, -0.05) is 30.3 Å². The fourth-order valence-electron chi connectivity index (χ4n) is 3.65. The van der Waals surface area contributed by atoms with E-state index in [-0.39, 0.29) is 5.69 Å². The van der Waals surface area contributed by atoms with Crippen molar-refractivity contribution < 1.29 is 4.74 Å². The van der Waals surface area contributed by atoms with Crippen molar-refractivity contribution in [2.45, 2.75) is 13.0 Å². The number of benzene rings is 2. The number of aromatic nitrogens is 5. The highest BCUT2D eigenvalue weighted by molar-refractivity contribution is 5.93. The summed E-state index contributed by atoms with van der Waals surface area (Å²) in [6.07, 6.45) is 4.13. The zero-order valence-corrected chi connectivity index (χ0v) is 16.4. The van der Waals surface area contributed by atoms with Gasteiger partial charge in [0.25, 0.3) is 0 Å². The van der Waals surface area contributed by atoms with E-state index in [1.165, 1.54) is 0 Å². The number of H-pyrrole nitrogens is 1. The smallest absolute Gasteiger partial charge is 0.328 e. The van der Waals surface area contributed by atoms with E-state index in [1.807, 2.05) is 54.6 Å². The molecule has 0 unspecified atom stereocenters. The Kier molecular flexibility index (Phi) is 4.48. The molecule has 5 rings (SSSR count). The lowest BCUT2D eigenvalue weighted by molar-refractivity contribution is 0.414. The van der Waals surface area contributed by atoms with Crippen LogP contribution in [0.25, 0.3) is 33.5 Å². The van der Waals surface area contributed by atoms with Crippen molar-refractivity contribution in [2.24, 2.45) is 0 Å². The van der Waals surface area contributed by atoms with Gasteiger partial charge in [-0.15, -0.1) is 0 Å². The molecule has 5 aromatic rings. The molecule has 0 bridgehead atoms. The van der Waals surface area contributed by atoms with E-state index >= 15 is 0 Å². The second kappa shape index (κ2) is 7.44. The molecule has 30 heavy (non-hydrogen) atoms. The molecule has 0 saturated heterocycles. The summed E-state index contributed by atoms with van der Waals surface area (Å²) in [4.78, 5) is 29.0. The molecule has 3 aromatic heterocycles. The van der Waals surface area contributed by atoms with Crippen LogP contribution in [0.5, 0.6) is 5.75 Å². The van der Waals surface area contributed by atoms with Crippen molar-refractivity contribution in [3.05, 3.63) is 83.0 Å². The number of aryl methyl sites for hydroxylation is 2. The highest BCUT2D eigenvalue weighted by Crippen LogP contribution is 2.26. The van der Waals surface area contributed by atoms with Gasteiger partial charge >= 0.3 is 5.69 Å². The summed E-state index contributed by atoms with van der Waals surface area (Å²) >= 11 is 0. The fraction of sp³-hybridized carbons (Fsp3) is 0.130. The molecule has 7 nitrogen and oxygen atoms in total. The summed E-state index contributed by atoms with van der Waals surface area (Å²) < 4.78 is 6.92. The first-order valence-corrected chi connectivity index (χ1v) is 9.65. The number of rotatable bonds is 5. The Labute approximate surface area is 172 Å². The van der Waals surface area contributed by atoms with Crippen molar-refractivity contribution in [2.75, 3.05) is 7.11 Å². The molecule has 2 aromatic carbocycles. The molecule has 0 aliphatic heterocycles. The Morgan fingerprint density at radius 2 is 1.97 bits per heavy atom. The number of imidazole rings is 1. The number of methoxy groups -OCH3 is 1. The van der Waals surface area contributed by atoms with Crippen molar-refractivity contribution in [3.63, 3.8) is 0 Å². The predicted molar refractivity (Wildman–Crippen MR) is 116 cm³/mol. The molecule has 0 radical (unpaired) electrons. The molecule has 0 saturated carbocycles. The lowest BCUT2D eigenvalue weighted by Crippen LogP contribution is -2.18. The van der Waals surface area contributed by atoms with E-state index in [4.69, 9.17) is 9.72 Å². The van der Waals surface area contributed by atoms with E-state index in [1.54, 1.807) is 24.1 Å². The van der Waals surface area contributed by atoms with E-state index in [0.29, 0.717) is 30.0 Å². The van der Waals surface area contributed by atoms with Crippen LogP contribution in [0.4, 0.5) is 0 Å². The summed E-state index contributed by atoms with van der Waals surface area (Å²) in [5, 5.41) is 0.995. The first-order chi connectivity index (χ1) is 14.7. The minimum atomic E-state index is -0.218. The van der Waals surface area contributed by atoms with Gasteiger partial charge in [0.05, 0.1) is 24.5 Å². The normalized spacial score (nSPS) is 11.2. The minimum Gasteiger partial charge on any atom is -0.497 e. The van der Waals surface area contributed by atoms with Gasteiger partial charge in [0.2, 0.25) is 0 Å². The summed E-state index contributed by atoms with van der Waals surface area (Å²) in [5.41, 5.74) is 4.41. The fourth-order valence-corrected chi connectivity index (χ4v) is 3.65. The van der Waals surface area contributed by atoms with Gasteiger partial charge in [0.1, 0.15) is 5.75 Å². The Bertz CT molecular complexity index is 1420. The van der Waals surface area contributed by atoms with Crippen LogP contribution in [0.2, 0.25) is 0 Å². The molecule has 0 atom stereocenters. The van der Waals surface area contributed by atoms with Crippen molar-refractivity contribution in [3.8, 4) is 17.0 Å². The molecule has 7 heteroatoms. The van der Waals surface area contributed by atoms with E-state index in [2.05, 4.69) is 15.0 Å². The van der Waals surface area contributed by atoms with Crippen molar-refractivity contribution in [1.29, 1.82) is 0 Å². The first-order valence-electron chi connectivity index (χ1n) is 9.65. The van der Waals surface area contributed by atoms with Crippen molar-refractivity contribution in [1.82, 2.24) is 24.5 Å². The number of pyridine rings is 1. The third kappa shape index (κ3) is 3.20. The van der Waals surface area contributed by atoms with E-state index in [0.717, 1.165) is 27.8 Å². The largest absolute Gasteiger partial charge is 0.497 e. The number of nitrogens with zero attached hydrogens (tertiary/aromatic N) is 4. The lowest BCUT2D eigenvalue weighted by Gasteiger charge is -2.07. The molecular formula is C23H19N5O2. The van der Waals surface area contributed by atoms with Gasteiger partial charge in [0.15, 0.2) is 11.3 Å². The minimum absolute atomic E-state index is 0.218. The SMILES string of the molecule is COc1cccc(CCn2c(=O)[nH]c3ncc(-c4cccc5ncccc45)nc32)c1. The standard InChI is InChI=1S/C23H19N5O2/c1-30-16-6-2-5-15(13-16)10-12-28-22-21(27-23(28)29)25-14-20(26-22)18-7-3-9-19-17(18)8-4-11-24-19/h2-9,11,13-14H,10,12H2,1H3,(H,25,27,29). The van der Waals surface area contributed by atoms with Crippen LogP contribution in [-0.2, 0) is 13.0 Å². The molecule has 3 heterocycles. The zero-order chi connectivity index (χ0) is 20.5. The van der Waals surface area contributed by atoms with E-state index in [9.17, 15) is 4.79 Å². The van der Waals surface area contributed by atoms with Crippen LogP contribution in [0.3, 0.4) is 0 Å². The van der Waals surface area contributed by atoms with Gasteiger partial charge in [-0.2, -0.15) is 0 Å². The first kappa shape index (κ1) is 18.1. The summed E-state index contributed by atoms with van der Waals surface area (Å²) in [6.45, 7) is 0.487. The molecule has 0 fully saturated rings. The van der Waals surface area contributed by atoms with E-state index < -0.39 is 0 Å². The number of hydrogen-bond acceptors (Lipinski definition) is 5. The lowest BCUT2D eigenvalue weighted by atomic mass is 10.1. The topological polar surface area (TPSA) is 85.7 Å². The maximum Gasteiger partial charge on any atom is 0.328 e. The molecule has 1 N–H and O–H groups in total. The van der Waals surface area contributed by atoms with Crippen LogP contribution in [-0.4, -0.2) is 31.6 Å². The highest BCUT2D eigenvalue weighted by atomic mass is 16.5. The Morgan fingerprint density at radius 3 is 2.87 bits per heavy atom. The Morgan fingerprint density at radius 1 is 1.07 bits per heavy atom. The predicted octanol–water partition coefficient (Wildman–Crippen LogP) is 3.59. The Hall–Kier alpha value is -4.00. The molecule has 0 spiro atoms. The third-order valence-electron chi connectivity index (χ3n) is 5.16. The van der Waals surface area contributed by atoms with Gasteiger partial charge in [0, 0.05) is 23.7 Å². The van der Waals surface area contributed by atoms with Crippen LogP contribution >= 0.6 is 0 Å². The van der Waals surface area contributed by atoms with Gasteiger partial charge in [-0.25, -0.2) is 14.8 Å². The molecule has 148 valence electrons. The molecular weight excluding hydrogens is 378 g/mol. The summed E-state index contributed by atoms with van der Waals surface area (Å²) in [6, 6.07) is 17.6. The number of hydrogen-bond donors (Lipinski definition) is 1. The summed E-state index contributed by atoms with van der Waals surface area (Å²) in [5.74, 6) is 0.797. The maximum atomic E-state index is 12.5. The zero-order valence-electron chi connectivity index (χ0n) is 16.4. The second-order valence-electron chi connectivity index (χ2n) is 6.99. The number of fused-ring (bicyclic) bond motifs is 2. The quantitative estimate of drug-likeness (QED) is 0.490. The van der Waals surface area contributed by atoms with Crippen LogP contribution in [0, 0.1) is 0 Å². The molecule has 0 aliphatic rings. The highest BCUT2D eigenvalue weighted by Gasteiger charge is 2.13. The third-order valence-corrected chi connectivity index (χ3v) is 5.16. The second-order valence-corrected chi connectivity index (χ2v) is 6.99. The summed E-state index contributed by atoms with van der Waals surface area (Å²) in [7, 11) is 1.64. The van der Waals surface area contributed by atoms with Crippen LogP contribution < -0.4 is 10.4 Å². The number of aromatic amines is 1. The van der Waals surface area contributed by atoms with Gasteiger partial charge in [-0.05, 0) is 36.2 Å². The van der Waals surface area contributed by atoms with Gasteiger partial charge in [-0.3, -0.25) is 14.5 Å². The maximum absolute atomic E-state index is 12.5. The molecule has 0 amide bonds. The average molecular weight is 397 g/mol. The van der Waals surface area contributed by atoms with Crippen LogP contribution in [0.15, 0.2) is 71.8 Å². The Balaban J connectivity index is 1.55. The molecule has 0 aliphatic carbocycles. The number of ether oxygens (including phenoxy) is 1. The number of nitrogens with one attached hydrogen (secondary N) is 1.